The number of ether oxygens (including phenoxy) is 1. The molecule has 2 heteroatoms. The molecule has 1 aromatic carbocycles. The summed E-state index contributed by atoms with van der Waals surface area (Å²) in [7, 11) is 0. The van der Waals surface area contributed by atoms with E-state index in [9.17, 15) is 0 Å². The van der Waals surface area contributed by atoms with E-state index in [1.165, 1.54) is 10.9 Å². The quantitative estimate of drug-likeness (QED) is 0.693. The molecule has 17 heavy (non-hydrogen) atoms. The molecule has 0 aliphatic carbocycles. The largest absolute Gasteiger partial charge is 0.483 e. The van der Waals surface area contributed by atoms with Crippen LogP contribution in [0.25, 0.3) is 10.9 Å². The van der Waals surface area contributed by atoms with Crippen molar-refractivity contribution in [3.05, 3.63) is 48.2 Å². The van der Waals surface area contributed by atoms with E-state index >= 15 is 0 Å². The molecule has 2 aromatic rings. The first-order valence-electron chi connectivity index (χ1n) is 5.82. The van der Waals surface area contributed by atoms with Crippen LogP contribution < -0.4 is 4.74 Å². The Bertz CT molecular complexity index is 617. The Morgan fingerprint density at radius 3 is 3.00 bits per heavy atom. The van der Waals surface area contributed by atoms with E-state index in [0.29, 0.717) is 0 Å². The SMILES string of the molecule is C=C(C)C1(C)Cc2c(ccc3ncccc23)O1. The molecule has 2 heterocycles. The molecule has 0 saturated carbocycles. The lowest BCUT2D eigenvalue weighted by Gasteiger charge is -2.23. The fourth-order valence-corrected chi connectivity index (χ4v) is 2.33. The van der Waals surface area contributed by atoms with Gasteiger partial charge >= 0.3 is 0 Å². The maximum absolute atomic E-state index is 6.04. The number of pyridine rings is 1. The third-order valence-electron chi connectivity index (χ3n) is 3.61. The van der Waals surface area contributed by atoms with E-state index < -0.39 is 0 Å². The fraction of sp³-hybridized carbons (Fsp3) is 0.267. The van der Waals surface area contributed by atoms with Crippen molar-refractivity contribution in [2.24, 2.45) is 0 Å². The molecule has 1 unspecified atom stereocenters. The van der Waals surface area contributed by atoms with Crippen LogP contribution in [0.2, 0.25) is 0 Å². The highest BCUT2D eigenvalue weighted by atomic mass is 16.5. The van der Waals surface area contributed by atoms with Gasteiger partial charge in [0.25, 0.3) is 0 Å². The van der Waals surface area contributed by atoms with Gasteiger partial charge < -0.3 is 4.74 Å². The summed E-state index contributed by atoms with van der Waals surface area (Å²) in [5, 5.41) is 1.19. The minimum absolute atomic E-state index is 0.271. The standard InChI is InChI=1S/C15H15NO/c1-10(2)15(3)9-12-11-5-4-8-16-13(11)6-7-14(12)17-15/h4-8H,1,9H2,2-3H3. The monoisotopic (exact) mass is 225 g/mol. The minimum atomic E-state index is -0.271. The van der Waals surface area contributed by atoms with Gasteiger partial charge in [-0.15, -0.1) is 0 Å². The highest BCUT2D eigenvalue weighted by Gasteiger charge is 2.36. The number of aromatic nitrogens is 1. The van der Waals surface area contributed by atoms with Crippen LogP contribution in [0.15, 0.2) is 42.6 Å². The van der Waals surface area contributed by atoms with Gasteiger partial charge in [-0.2, -0.15) is 0 Å². The Balaban J connectivity index is 2.20. The van der Waals surface area contributed by atoms with Crippen molar-refractivity contribution in [1.29, 1.82) is 0 Å². The third kappa shape index (κ3) is 1.44. The highest BCUT2D eigenvalue weighted by molar-refractivity contribution is 5.85. The summed E-state index contributed by atoms with van der Waals surface area (Å²) in [6, 6.07) is 8.10. The number of fused-ring (bicyclic) bond motifs is 3. The van der Waals surface area contributed by atoms with Crippen LogP contribution in [-0.4, -0.2) is 10.6 Å². The van der Waals surface area contributed by atoms with Gasteiger partial charge in [-0.1, -0.05) is 12.6 Å². The molecule has 1 aliphatic heterocycles. The molecule has 0 spiro atoms. The zero-order valence-corrected chi connectivity index (χ0v) is 10.2. The normalized spacial score (nSPS) is 22.2. The number of hydrogen-bond acceptors (Lipinski definition) is 2. The summed E-state index contributed by atoms with van der Waals surface area (Å²) in [6.07, 6.45) is 2.70. The van der Waals surface area contributed by atoms with Gasteiger partial charge in [0.15, 0.2) is 0 Å². The van der Waals surface area contributed by atoms with Crippen molar-refractivity contribution in [1.82, 2.24) is 4.98 Å². The Kier molecular flexibility index (Phi) is 2.02. The fourth-order valence-electron chi connectivity index (χ4n) is 2.33. The molecule has 0 radical (unpaired) electrons. The predicted molar refractivity (Wildman–Crippen MR) is 69.3 cm³/mol. The molecule has 0 N–H and O–H groups in total. The van der Waals surface area contributed by atoms with Crippen molar-refractivity contribution in [2.45, 2.75) is 25.9 Å². The van der Waals surface area contributed by atoms with Gasteiger partial charge in [-0.05, 0) is 37.6 Å². The second kappa shape index (κ2) is 3.33. The van der Waals surface area contributed by atoms with Crippen LogP contribution in [0.5, 0.6) is 5.75 Å². The van der Waals surface area contributed by atoms with E-state index in [2.05, 4.69) is 24.6 Å². The lowest BCUT2D eigenvalue weighted by molar-refractivity contribution is 0.157. The number of hydrogen-bond donors (Lipinski definition) is 0. The Morgan fingerprint density at radius 1 is 1.41 bits per heavy atom. The first-order chi connectivity index (χ1) is 8.10. The smallest absolute Gasteiger partial charge is 0.131 e. The van der Waals surface area contributed by atoms with Gasteiger partial charge in [-0.25, -0.2) is 0 Å². The average Bonchev–Trinajstić information content (AvgIpc) is 2.67. The third-order valence-corrected chi connectivity index (χ3v) is 3.61. The van der Waals surface area contributed by atoms with Crippen LogP contribution in [0.4, 0.5) is 0 Å². The van der Waals surface area contributed by atoms with Gasteiger partial charge in [0.05, 0.1) is 5.52 Å². The number of rotatable bonds is 1. The molecule has 0 bridgehead atoms. The first-order valence-corrected chi connectivity index (χ1v) is 5.82. The molecule has 86 valence electrons. The zero-order valence-electron chi connectivity index (χ0n) is 10.2. The molecule has 1 atom stereocenters. The molecule has 1 aromatic heterocycles. The lowest BCUT2D eigenvalue weighted by atomic mass is 9.91. The van der Waals surface area contributed by atoms with Gasteiger partial charge in [0, 0.05) is 23.6 Å². The predicted octanol–water partition coefficient (Wildman–Crippen LogP) is 3.50. The lowest BCUT2D eigenvalue weighted by Crippen LogP contribution is -2.30. The number of nitrogens with zero attached hydrogens (tertiary/aromatic N) is 1. The Hall–Kier alpha value is -1.83. The van der Waals surface area contributed by atoms with E-state index in [1.54, 1.807) is 0 Å². The van der Waals surface area contributed by atoms with Crippen LogP contribution in [0.1, 0.15) is 19.4 Å². The van der Waals surface area contributed by atoms with Crippen molar-refractivity contribution in [3.8, 4) is 5.75 Å². The van der Waals surface area contributed by atoms with Crippen molar-refractivity contribution < 1.29 is 4.74 Å². The van der Waals surface area contributed by atoms with E-state index in [1.807, 2.05) is 31.3 Å². The van der Waals surface area contributed by atoms with Gasteiger partial charge in [0.2, 0.25) is 0 Å². The molecular formula is C15H15NO. The summed E-state index contributed by atoms with van der Waals surface area (Å²) < 4.78 is 6.04. The zero-order chi connectivity index (χ0) is 12.0. The topological polar surface area (TPSA) is 22.1 Å². The van der Waals surface area contributed by atoms with E-state index in [4.69, 9.17) is 4.74 Å². The maximum atomic E-state index is 6.04. The highest BCUT2D eigenvalue weighted by Crippen LogP contribution is 2.41. The Labute approximate surface area is 101 Å². The van der Waals surface area contributed by atoms with Crippen LogP contribution in [0.3, 0.4) is 0 Å². The van der Waals surface area contributed by atoms with E-state index in [0.717, 1.165) is 23.3 Å². The average molecular weight is 225 g/mol. The van der Waals surface area contributed by atoms with Crippen molar-refractivity contribution >= 4 is 10.9 Å². The summed E-state index contributed by atoms with van der Waals surface area (Å²) >= 11 is 0. The molecule has 3 rings (SSSR count). The van der Waals surface area contributed by atoms with Gasteiger partial charge in [-0.3, -0.25) is 4.98 Å². The molecule has 0 fully saturated rings. The molecule has 0 saturated heterocycles. The van der Waals surface area contributed by atoms with Crippen molar-refractivity contribution in [3.63, 3.8) is 0 Å². The second-order valence-corrected chi connectivity index (χ2v) is 4.90. The molecule has 2 nitrogen and oxygen atoms in total. The van der Waals surface area contributed by atoms with Gasteiger partial charge in [0.1, 0.15) is 11.4 Å². The van der Waals surface area contributed by atoms with E-state index in [-0.39, 0.29) is 5.60 Å². The maximum Gasteiger partial charge on any atom is 0.131 e. The Morgan fingerprint density at radius 2 is 2.24 bits per heavy atom. The second-order valence-electron chi connectivity index (χ2n) is 4.90. The summed E-state index contributed by atoms with van der Waals surface area (Å²) in [5.41, 5.74) is 3.07. The van der Waals surface area contributed by atoms with Crippen LogP contribution in [0, 0.1) is 0 Å². The molecule has 0 amide bonds. The summed E-state index contributed by atoms with van der Waals surface area (Å²) in [4.78, 5) is 4.37. The minimum Gasteiger partial charge on any atom is -0.483 e. The number of benzene rings is 1. The first kappa shape index (κ1) is 10.3. The van der Waals surface area contributed by atoms with Crippen LogP contribution in [-0.2, 0) is 6.42 Å². The summed E-state index contributed by atoms with van der Waals surface area (Å²) in [6.45, 7) is 8.15. The molecular weight excluding hydrogens is 210 g/mol. The summed E-state index contributed by atoms with van der Waals surface area (Å²) in [5.74, 6) is 0.969. The van der Waals surface area contributed by atoms with Crippen molar-refractivity contribution in [2.75, 3.05) is 0 Å². The van der Waals surface area contributed by atoms with Crippen LogP contribution >= 0.6 is 0 Å². The molecule has 1 aliphatic rings.